The second kappa shape index (κ2) is 49.5. The topological polar surface area (TPSA) is 108 Å². The second-order valence-corrected chi connectivity index (χ2v) is 20.0. The molecule has 1 rings (SSSR count). The van der Waals surface area contributed by atoms with Crippen molar-refractivity contribution in [2.45, 2.75) is 315 Å². The maximum atomic E-state index is 13.2. The third-order valence-electron chi connectivity index (χ3n) is 13.5. The second-order valence-electron chi connectivity index (χ2n) is 20.0. The van der Waals surface area contributed by atoms with Gasteiger partial charge in [-0.25, -0.2) is 0 Å². The Kier molecular flexibility index (Phi) is 46.3. The highest BCUT2D eigenvalue weighted by atomic mass is 16.6. The van der Waals surface area contributed by atoms with Gasteiger partial charge in [-0.1, -0.05) is 211 Å². The van der Waals surface area contributed by atoms with Crippen LogP contribution in [0.1, 0.15) is 290 Å². The Labute approximate surface area is 419 Å². The molecule has 68 heavy (non-hydrogen) atoms. The van der Waals surface area contributed by atoms with Crippen LogP contribution in [-0.2, 0) is 33.3 Å². The quantitative estimate of drug-likeness (QED) is 0.0278. The molecule has 0 radical (unpaired) electrons. The largest absolute Gasteiger partial charge is 0.457 e. The molecule has 0 saturated carbocycles. The van der Waals surface area contributed by atoms with Crippen LogP contribution in [0.4, 0.5) is 0 Å². The third-order valence-corrected chi connectivity index (χ3v) is 13.5. The molecule has 4 atom stereocenters. The minimum atomic E-state index is -1.03. The average Bonchev–Trinajstić information content (AvgIpc) is 3.72. The van der Waals surface area contributed by atoms with Crippen LogP contribution in [-0.4, -0.2) is 60.6 Å². The van der Waals surface area contributed by atoms with Crippen LogP contribution in [0.3, 0.4) is 0 Å². The highest BCUT2D eigenvalue weighted by molar-refractivity contribution is 5.71. The zero-order valence-corrected chi connectivity index (χ0v) is 44.7. The molecule has 396 valence electrons. The normalized spacial score (nSPS) is 16.7. The monoisotopic (exact) mass is 957 g/mol. The van der Waals surface area contributed by atoms with Crippen LogP contribution >= 0.6 is 0 Å². The Morgan fingerprint density at radius 1 is 0.426 bits per heavy atom. The number of rotatable bonds is 50. The third kappa shape index (κ3) is 39.3. The van der Waals surface area contributed by atoms with E-state index in [1.807, 2.05) is 0 Å². The van der Waals surface area contributed by atoms with Gasteiger partial charge in [0.25, 0.3) is 0 Å². The highest BCUT2D eigenvalue weighted by Crippen LogP contribution is 2.27. The van der Waals surface area contributed by atoms with E-state index in [4.69, 9.17) is 18.9 Å². The Hall–Kier alpha value is -2.45. The molecule has 1 aliphatic rings. The lowest BCUT2D eigenvalue weighted by Crippen LogP contribution is -2.46. The number of aliphatic hydroxyl groups is 1. The Balaban J connectivity index is 2.51. The number of hydrogen-bond acceptors (Lipinski definition) is 8. The summed E-state index contributed by atoms with van der Waals surface area (Å²) in [5.41, 5.74) is 0. The molecule has 1 N–H and O–H groups in total. The van der Waals surface area contributed by atoms with Gasteiger partial charge < -0.3 is 24.1 Å². The molecule has 1 saturated heterocycles. The molecule has 4 unspecified atom stereocenters. The molecule has 1 fully saturated rings. The van der Waals surface area contributed by atoms with Crippen molar-refractivity contribution in [1.82, 2.24) is 0 Å². The van der Waals surface area contributed by atoms with Gasteiger partial charge in [0, 0.05) is 19.3 Å². The SMILES string of the molecule is CCCCCCCCC=CCCCCCCCC(=O)OC(CO)C1OCC(OC(=O)CCCCCCCC=CCCCCCCCC)C1OC(=O)CCCCCCCC=CCCCCCCCC. The minimum Gasteiger partial charge on any atom is -0.457 e. The van der Waals surface area contributed by atoms with E-state index in [1.165, 1.54) is 135 Å². The summed E-state index contributed by atoms with van der Waals surface area (Å²) in [6.45, 7) is 6.30. The number of allylic oxidation sites excluding steroid dienone is 6. The number of hydrogen-bond donors (Lipinski definition) is 1. The van der Waals surface area contributed by atoms with E-state index in [0.29, 0.717) is 12.8 Å². The lowest BCUT2D eigenvalue weighted by molar-refractivity contribution is -0.175. The van der Waals surface area contributed by atoms with Crippen LogP contribution in [0, 0.1) is 0 Å². The van der Waals surface area contributed by atoms with Gasteiger partial charge in [-0.2, -0.15) is 0 Å². The lowest BCUT2D eigenvalue weighted by Gasteiger charge is -2.28. The van der Waals surface area contributed by atoms with Gasteiger partial charge in [-0.05, 0) is 96.3 Å². The number of carbonyl (C=O) groups is 3. The van der Waals surface area contributed by atoms with Crippen molar-refractivity contribution < 1.29 is 38.4 Å². The summed E-state index contributed by atoms with van der Waals surface area (Å²) in [4.78, 5) is 39.3. The number of unbranched alkanes of at least 4 members (excludes halogenated alkanes) is 33. The molecule has 0 amide bonds. The summed E-state index contributed by atoms with van der Waals surface area (Å²) in [7, 11) is 0. The standard InChI is InChI=1S/C60H108O8/c1-4-7-10-13-16-19-22-25-28-31-34-37-40-43-46-49-56(62)66-54(52-61)59-60(68-58(64)51-48-45-42-39-36-33-30-27-24-21-18-15-12-9-6-3)55(53-65-59)67-57(63)50-47-44-41-38-35-32-29-26-23-20-17-14-11-8-5-2/h25-30,54-55,59-61H,4-24,31-53H2,1-3H3. The number of aliphatic hydroxyl groups excluding tert-OH is 1. The molecule has 0 spiro atoms. The Bertz CT molecular complexity index is 1230. The first kappa shape index (κ1) is 63.6. The minimum absolute atomic E-state index is 0.0103. The maximum Gasteiger partial charge on any atom is 0.306 e. The van der Waals surface area contributed by atoms with Crippen molar-refractivity contribution in [1.29, 1.82) is 0 Å². The van der Waals surface area contributed by atoms with Gasteiger partial charge in [0.2, 0.25) is 0 Å². The lowest BCUT2D eigenvalue weighted by atomic mass is 10.1. The fourth-order valence-corrected chi connectivity index (χ4v) is 9.06. The highest BCUT2D eigenvalue weighted by Gasteiger charge is 2.47. The van der Waals surface area contributed by atoms with Gasteiger partial charge in [0.1, 0.15) is 6.10 Å². The predicted molar refractivity (Wildman–Crippen MR) is 285 cm³/mol. The van der Waals surface area contributed by atoms with Gasteiger partial charge in [0.05, 0.1) is 13.2 Å². The van der Waals surface area contributed by atoms with E-state index in [1.54, 1.807) is 0 Å². The summed E-state index contributed by atoms with van der Waals surface area (Å²) in [6.07, 6.45) is 56.9. The Morgan fingerprint density at radius 3 is 1.06 bits per heavy atom. The van der Waals surface area contributed by atoms with E-state index >= 15 is 0 Å². The van der Waals surface area contributed by atoms with E-state index in [0.717, 1.165) is 103 Å². The fraction of sp³-hybridized carbons (Fsp3) is 0.850. The van der Waals surface area contributed by atoms with Gasteiger partial charge in [-0.3, -0.25) is 14.4 Å². The van der Waals surface area contributed by atoms with E-state index in [2.05, 4.69) is 57.2 Å². The molecule has 0 aromatic carbocycles. The van der Waals surface area contributed by atoms with Crippen molar-refractivity contribution in [2.24, 2.45) is 0 Å². The summed E-state index contributed by atoms with van der Waals surface area (Å²) < 4.78 is 23.6. The zero-order valence-electron chi connectivity index (χ0n) is 44.7. The number of esters is 3. The number of ether oxygens (including phenoxy) is 4. The van der Waals surface area contributed by atoms with Gasteiger partial charge in [0.15, 0.2) is 18.3 Å². The molecule has 0 aromatic heterocycles. The first-order valence-corrected chi connectivity index (χ1v) is 29.2. The van der Waals surface area contributed by atoms with Crippen LogP contribution in [0.2, 0.25) is 0 Å². The first-order valence-electron chi connectivity index (χ1n) is 29.2. The molecular weight excluding hydrogens is 849 g/mol. The van der Waals surface area contributed by atoms with Gasteiger partial charge in [-0.15, -0.1) is 0 Å². The van der Waals surface area contributed by atoms with E-state index < -0.39 is 43.0 Å². The van der Waals surface area contributed by atoms with Crippen LogP contribution in [0.5, 0.6) is 0 Å². The molecule has 8 heteroatoms. The zero-order chi connectivity index (χ0) is 49.2. The average molecular weight is 958 g/mol. The van der Waals surface area contributed by atoms with E-state index in [-0.39, 0.29) is 31.8 Å². The smallest absolute Gasteiger partial charge is 0.306 e. The molecule has 0 aromatic rings. The van der Waals surface area contributed by atoms with Crippen LogP contribution in [0.25, 0.3) is 0 Å². The predicted octanol–water partition coefficient (Wildman–Crippen LogP) is 17.2. The number of carbonyl (C=O) groups excluding carboxylic acids is 3. The van der Waals surface area contributed by atoms with Crippen molar-refractivity contribution in [3.05, 3.63) is 36.5 Å². The summed E-state index contributed by atoms with van der Waals surface area (Å²) >= 11 is 0. The molecule has 1 heterocycles. The summed E-state index contributed by atoms with van der Waals surface area (Å²) in [5.74, 6) is -1.15. The molecule has 0 aliphatic carbocycles. The Morgan fingerprint density at radius 2 is 0.721 bits per heavy atom. The van der Waals surface area contributed by atoms with Crippen LogP contribution < -0.4 is 0 Å². The fourth-order valence-electron chi connectivity index (χ4n) is 9.06. The maximum absolute atomic E-state index is 13.2. The molecule has 1 aliphatic heterocycles. The summed E-state index contributed by atoms with van der Waals surface area (Å²) in [6, 6.07) is 0. The van der Waals surface area contributed by atoms with Crippen LogP contribution in [0.15, 0.2) is 36.5 Å². The van der Waals surface area contributed by atoms with Gasteiger partial charge >= 0.3 is 17.9 Å². The molecular formula is C60H108O8. The summed E-state index contributed by atoms with van der Waals surface area (Å²) in [5, 5.41) is 10.4. The molecule has 8 nitrogen and oxygen atoms in total. The van der Waals surface area contributed by atoms with Crippen molar-refractivity contribution in [3.63, 3.8) is 0 Å². The van der Waals surface area contributed by atoms with Crippen molar-refractivity contribution >= 4 is 17.9 Å². The molecule has 0 bridgehead atoms. The van der Waals surface area contributed by atoms with E-state index in [9.17, 15) is 19.5 Å². The van der Waals surface area contributed by atoms with Crippen molar-refractivity contribution in [2.75, 3.05) is 13.2 Å². The first-order chi connectivity index (χ1) is 33.5. The van der Waals surface area contributed by atoms with Crippen molar-refractivity contribution in [3.8, 4) is 0 Å².